The van der Waals surface area contributed by atoms with Gasteiger partial charge in [-0.15, -0.1) is 0 Å². The fourth-order valence-electron chi connectivity index (χ4n) is 3.87. The molecule has 1 N–H and O–H groups in total. The Hall–Kier alpha value is -1.39. The van der Waals surface area contributed by atoms with Crippen LogP contribution in [0.3, 0.4) is 0 Å². The Bertz CT molecular complexity index is 579. The molecule has 4 nitrogen and oxygen atoms in total. The van der Waals surface area contributed by atoms with Crippen molar-refractivity contribution in [3.63, 3.8) is 0 Å². The van der Waals surface area contributed by atoms with Crippen molar-refractivity contribution in [2.24, 2.45) is 5.92 Å². The standard InChI is InChI=1S/C20H30N2O2/c1-3-20(24)22-10-4-5-16-13-17(6-7-18(16)22)19(23)14-21-11-8-15(2)9-12-21/h6-7,13,15,19,23H,3-5,8-12,14H2,1-2H3. The van der Waals surface area contributed by atoms with Gasteiger partial charge in [-0.2, -0.15) is 0 Å². The van der Waals surface area contributed by atoms with Crippen LogP contribution in [0.15, 0.2) is 18.2 Å². The molecule has 1 amide bonds. The molecule has 24 heavy (non-hydrogen) atoms. The molecule has 0 aromatic heterocycles. The quantitative estimate of drug-likeness (QED) is 0.922. The van der Waals surface area contributed by atoms with Crippen molar-refractivity contribution in [1.29, 1.82) is 0 Å². The molecule has 1 fully saturated rings. The zero-order valence-corrected chi connectivity index (χ0v) is 15.0. The van der Waals surface area contributed by atoms with E-state index in [-0.39, 0.29) is 5.91 Å². The van der Waals surface area contributed by atoms with Gasteiger partial charge in [-0.1, -0.05) is 26.0 Å². The molecule has 0 saturated carbocycles. The van der Waals surface area contributed by atoms with Crippen molar-refractivity contribution in [3.8, 4) is 0 Å². The third-order valence-corrected chi connectivity index (χ3v) is 5.52. The average Bonchev–Trinajstić information content (AvgIpc) is 2.62. The van der Waals surface area contributed by atoms with Gasteiger partial charge >= 0.3 is 0 Å². The summed E-state index contributed by atoms with van der Waals surface area (Å²) in [6.45, 7) is 7.91. The minimum absolute atomic E-state index is 0.187. The molecule has 1 aromatic rings. The van der Waals surface area contributed by atoms with Gasteiger partial charge in [0.2, 0.25) is 5.91 Å². The van der Waals surface area contributed by atoms with Crippen LogP contribution in [0.4, 0.5) is 5.69 Å². The van der Waals surface area contributed by atoms with E-state index >= 15 is 0 Å². The summed E-state index contributed by atoms with van der Waals surface area (Å²) >= 11 is 0. The minimum Gasteiger partial charge on any atom is -0.387 e. The van der Waals surface area contributed by atoms with Crippen molar-refractivity contribution in [1.82, 2.24) is 4.90 Å². The number of amides is 1. The average molecular weight is 330 g/mol. The van der Waals surface area contributed by atoms with Gasteiger partial charge in [0.15, 0.2) is 0 Å². The van der Waals surface area contributed by atoms with Crippen molar-refractivity contribution in [3.05, 3.63) is 29.3 Å². The van der Waals surface area contributed by atoms with E-state index < -0.39 is 6.10 Å². The highest BCUT2D eigenvalue weighted by atomic mass is 16.3. The number of hydrogen-bond acceptors (Lipinski definition) is 3. The molecule has 0 bridgehead atoms. The lowest BCUT2D eigenvalue weighted by Crippen LogP contribution is -2.36. The van der Waals surface area contributed by atoms with Crippen LogP contribution >= 0.6 is 0 Å². The summed E-state index contributed by atoms with van der Waals surface area (Å²) in [6.07, 6.45) is 4.54. The smallest absolute Gasteiger partial charge is 0.226 e. The molecule has 4 heteroatoms. The zero-order valence-electron chi connectivity index (χ0n) is 15.0. The van der Waals surface area contributed by atoms with Gasteiger partial charge in [0, 0.05) is 25.2 Å². The van der Waals surface area contributed by atoms with Gasteiger partial charge in [-0.3, -0.25) is 4.79 Å². The van der Waals surface area contributed by atoms with E-state index in [0.29, 0.717) is 13.0 Å². The summed E-state index contributed by atoms with van der Waals surface area (Å²) in [5.74, 6) is 0.996. The second-order valence-electron chi connectivity index (χ2n) is 7.39. The van der Waals surface area contributed by atoms with Crippen LogP contribution in [0.25, 0.3) is 0 Å². The van der Waals surface area contributed by atoms with Crippen molar-refractivity contribution in [2.75, 3.05) is 31.1 Å². The Labute approximate surface area is 145 Å². The lowest BCUT2D eigenvalue weighted by Gasteiger charge is -2.32. The molecule has 0 radical (unpaired) electrons. The van der Waals surface area contributed by atoms with Gasteiger partial charge in [-0.05, 0) is 61.9 Å². The number of fused-ring (bicyclic) bond motifs is 1. The molecule has 1 unspecified atom stereocenters. The summed E-state index contributed by atoms with van der Waals surface area (Å²) < 4.78 is 0. The van der Waals surface area contributed by atoms with E-state index in [1.165, 1.54) is 18.4 Å². The molecule has 132 valence electrons. The van der Waals surface area contributed by atoms with Crippen LogP contribution in [0, 0.1) is 5.92 Å². The number of carbonyl (C=O) groups excluding carboxylic acids is 1. The second kappa shape index (κ2) is 7.66. The summed E-state index contributed by atoms with van der Waals surface area (Å²) in [4.78, 5) is 16.4. The number of aliphatic hydroxyl groups excluding tert-OH is 1. The molecular formula is C20H30N2O2. The Morgan fingerprint density at radius 3 is 2.75 bits per heavy atom. The highest BCUT2D eigenvalue weighted by molar-refractivity contribution is 5.94. The number of hydrogen-bond donors (Lipinski definition) is 1. The number of nitrogens with zero attached hydrogens (tertiary/aromatic N) is 2. The van der Waals surface area contributed by atoms with E-state index in [0.717, 1.165) is 49.6 Å². The largest absolute Gasteiger partial charge is 0.387 e. The van der Waals surface area contributed by atoms with Crippen LogP contribution < -0.4 is 4.90 Å². The first-order valence-electron chi connectivity index (χ1n) is 9.42. The number of aliphatic hydroxyl groups is 1. The van der Waals surface area contributed by atoms with E-state index in [1.807, 2.05) is 24.0 Å². The first-order chi connectivity index (χ1) is 11.6. The number of rotatable bonds is 4. The van der Waals surface area contributed by atoms with Gasteiger partial charge in [-0.25, -0.2) is 0 Å². The number of piperidine rings is 1. The van der Waals surface area contributed by atoms with Gasteiger partial charge in [0.05, 0.1) is 6.10 Å². The van der Waals surface area contributed by atoms with Crippen molar-refractivity contribution < 1.29 is 9.90 Å². The third kappa shape index (κ3) is 3.81. The molecule has 2 aliphatic heterocycles. The summed E-state index contributed by atoms with van der Waals surface area (Å²) in [5.41, 5.74) is 3.22. The van der Waals surface area contributed by atoms with Crippen LogP contribution in [-0.2, 0) is 11.2 Å². The van der Waals surface area contributed by atoms with Crippen LogP contribution in [-0.4, -0.2) is 42.1 Å². The molecule has 1 atom stereocenters. The Morgan fingerprint density at radius 2 is 2.04 bits per heavy atom. The molecule has 1 aromatic carbocycles. The van der Waals surface area contributed by atoms with Crippen LogP contribution in [0.2, 0.25) is 0 Å². The Balaban J connectivity index is 1.70. The van der Waals surface area contributed by atoms with E-state index in [4.69, 9.17) is 0 Å². The number of aryl methyl sites for hydroxylation is 1. The molecule has 0 spiro atoms. The first-order valence-corrected chi connectivity index (χ1v) is 9.42. The fraction of sp³-hybridized carbons (Fsp3) is 0.650. The highest BCUT2D eigenvalue weighted by Crippen LogP contribution is 2.31. The number of β-amino-alcohol motifs (C(OH)–C–C–N with tert-alkyl or cyclic N) is 1. The molecule has 2 heterocycles. The third-order valence-electron chi connectivity index (χ3n) is 5.52. The van der Waals surface area contributed by atoms with E-state index in [1.54, 1.807) is 0 Å². The number of benzene rings is 1. The fourth-order valence-corrected chi connectivity index (χ4v) is 3.87. The monoisotopic (exact) mass is 330 g/mol. The summed E-state index contributed by atoms with van der Waals surface area (Å²) in [7, 11) is 0. The molecule has 2 aliphatic rings. The predicted molar refractivity (Wildman–Crippen MR) is 97.2 cm³/mol. The first kappa shape index (κ1) is 17.4. The van der Waals surface area contributed by atoms with E-state index in [2.05, 4.69) is 17.9 Å². The normalized spacial score (nSPS) is 20.7. The molecular weight excluding hydrogens is 300 g/mol. The Morgan fingerprint density at radius 1 is 1.29 bits per heavy atom. The second-order valence-corrected chi connectivity index (χ2v) is 7.39. The van der Waals surface area contributed by atoms with Crippen LogP contribution in [0.1, 0.15) is 56.8 Å². The van der Waals surface area contributed by atoms with Crippen molar-refractivity contribution in [2.45, 2.75) is 52.1 Å². The maximum atomic E-state index is 12.1. The number of anilines is 1. The zero-order chi connectivity index (χ0) is 17.1. The van der Waals surface area contributed by atoms with Crippen LogP contribution in [0.5, 0.6) is 0 Å². The number of likely N-dealkylation sites (tertiary alicyclic amines) is 1. The van der Waals surface area contributed by atoms with Gasteiger partial charge in [0.1, 0.15) is 0 Å². The Kier molecular flexibility index (Phi) is 5.57. The topological polar surface area (TPSA) is 43.8 Å². The maximum absolute atomic E-state index is 12.1. The summed E-state index contributed by atoms with van der Waals surface area (Å²) in [6, 6.07) is 6.14. The molecule has 1 saturated heterocycles. The molecule has 3 rings (SSSR count). The number of carbonyl (C=O) groups is 1. The van der Waals surface area contributed by atoms with Gasteiger partial charge in [0.25, 0.3) is 0 Å². The maximum Gasteiger partial charge on any atom is 0.226 e. The minimum atomic E-state index is -0.444. The molecule has 0 aliphatic carbocycles. The van der Waals surface area contributed by atoms with Crippen molar-refractivity contribution >= 4 is 11.6 Å². The predicted octanol–water partition coefficient (Wildman–Crippen LogP) is 3.14. The lowest BCUT2D eigenvalue weighted by molar-refractivity contribution is -0.118. The van der Waals surface area contributed by atoms with E-state index in [9.17, 15) is 9.90 Å². The SMILES string of the molecule is CCC(=O)N1CCCc2cc(C(O)CN3CCC(C)CC3)ccc21. The lowest BCUT2D eigenvalue weighted by atomic mass is 9.95. The van der Waals surface area contributed by atoms with Gasteiger partial charge < -0.3 is 14.9 Å². The highest BCUT2D eigenvalue weighted by Gasteiger charge is 2.24. The summed E-state index contributed by atoms with van der Waals surface area (Å²) in [5, 5.41) is 10.6.